The lowest BCUT2D eigenvalue weighted by atomic mass is 9.78. The first kappa shape index (κ1) is 16.8. The summed E-state index contributed by atoms with van der Waals surface area (Å²) in [5.41, 5.74) is 12.4. The van der Waals surface area contributed by atoms with Crippen LogP contribution in [0.4, 0.5) is 0 Å². The van der Waals surface area contributed by atoms with Gasteiger partial charge < -0.3 is 11.5 Å². The zero-order valence-corrected chi connectivity index (χ0v) is 14.5. The Morgan fingerprint density at radius 1 is 1.21 bits per heavy atom. The predicted octanol–water partition coefficient (Wildman–Crippen LogP) is 2.57. The maximum atomic E-state index is 6.00. The molecule has 2 atom stereocenters. The van der Waals surface area contributed by atoms with E-state index in [4.69, 9.17) is 16.3 Å². The van der Waals surface area contributed by atoms with Crippen molar-refractivity contribution in [3.05, 3.63) is 35.9 Å². The van der Waals surface area contributed by atoms with Gasteiger partial charge in [0.2, 0.25) is 11.9 Å². The van der Waals surface area contributed by atoms with Gasteiger partial charge in [-0.1, -0.05) is 36.8 Å². The molecule has 3 rings (SSSR count). The van der Waals surface area contributed by atoms with Crippen LogP contribution >= 0.6 is 0 Å². The van der Waals surface area contributed by atoms with Gasteiger partial charge in [-0.25, -0.2) is 4.99 Å². The van der Waals surface area contributed by atoms with Crippen LogP contribution in [0.2, 0.25) is 0 Å². The van der Waals surface area contributed by atoms with Crippen molar-refractivity contribution in [2.75, 3.05) is 6.61 Å². The van der Waals surface area contributed by atoms with E-state index in [1.54, 1.807) is 5.06 Å². The Kier molecular flexibility index (Phi) is 4.76. The Morgan fingerprint density at radius 2 is 1.96 bits per heavy atom. The second-order valence-corrected chi connectivity index (χ2v) is 7.16. The Labute approximate surface area is 143 Å². The van der Waals surface area contributed by atoms with E-state index in [2.05, 4.69) is 40.3 Å². The Morgan fingerprint density at radius 3 is 2.67 bits per heavy atom. The summed E-state index contributed by atoms with van der Waals surface area (Å²) >= 11 is 0. The van der Waals surface area contributed by atoms with Gasteiger partial charge in [0.1, 0.15) is 0 Å². The molecule has 1 saturated carbocycles. The number of rotatable bonds is 4. The van der Waals surface area contributed by atoms with Crippen LogP contribution in [0.15, 0.2) is 40.3 Å². The average molecular weight is 329 g/mol. The highest BCUT2D eigenvalue weighted by atomic mass is 16.7. The molecule has 1 fully saturated rings. The largest absolute Gasteiger partial charge is 0.368 e. The fourth-order valence-corrected chi connectivity index (χ4v) is 3.67. The van der Waals surface area contributed by atoms with Crippen LogP contribution < -0.4 is 11.5 Å². The summed E-state index contributed by atoms with van der Waals surface area (Å²) in [4.78, 5) is 14.3. The molecular formula is C18H27N5O. The smallest absolute Gasteiger partial charge is 0.226 e. The van der Waals surface area contributed by atoms with E-state index < -0.39 is 5.66 Å². The van der Waals surface area contributed by atoms with Crippen molar-refractivity contribution in [1.82, 2.24) is 5.06 Å². The third-order valence-corrected chi connectivity index (χ3v) is 4.82. The lowest BCUT2D eigenvalue weighted by molar-refractivity contribution is -0.169. The van der Waals surface area contributed by atoms with Crippen LogP contribution in [0.1, 0.15) is 51.0 Å². The van der Waals surface area contributed by atoms with Gasteiger partial charge in [0.25, 0.3) is 0 Å². The number of hydroxylamine groups is 2. The molecule has 0 aromatic heterocycles. The zero-order valence-electron chi connectivity index (χ0n) is 14.5. The molecule has 1 aromatic rings. The quantitative estimate of drug-likeness (QED) is 0.888. The lowest BCUT2D eigenvalue weighted by Gasteiger charge is -2.38. The molecule has 6 nitrogen and oxygen atoms in total. The topological polar surface area (TPSA) is 89.2 Å². The predicted molar refractivity (Wildman–Crippen MR) is 96.3 cm³/mol. The molecule has 0 radical (unpaired) electrons. The normalized spacial score (nSPS) is 26.7. The number of nitrogens with zero attached hydrogens (tertiary/aromatic N) is 3. The van der Waals surface area contributed by atoms with Crippen molar-refractivity contribution in [3.8, 4) is 0 Å². The maximum absolute atomic E-state index is 6.00. The summed E-state index contributed by atoms with van der Waals surface area (Å²) in [6.07, 6.45) is 4.80. The molecule has 0 bridgehead atoms. The molecule has 0 spiro atoms. The molecule has 1 aliphatic carbocycles. The molecule has 1 heterocycles. The lowest BCUT2D eigenvalue weighted by Crippen LogP contribution is -2.54. The van der Waals surface area contributed by atoms with E-state index in [0.717, 1.165) is 6.42 Å². The standard InChI is InChI=1S/C18H27N5O/c1-18(2)22-16(19)21-17(20)23(18)24-12-13-7-6-10-15(11-13)14-8-4-3-5-9-14/h3-5,8-9,13,15H,6-7,10-12H2,1-2H3,(H4,19,20,21,22). The minimum atomic E-state index is -0.636. The van der Waals surface area contributed by atoms with Gasteiger partial charge >= 0.3 is 0 Å². The average Bonchev–Trinajstić information content (AvgIpc) is 2.54. The Hall–Kier alpha value is -2.08. The highest BCUT2D eigenvalue weighted by Crippen LogP contribution is 2.36. The van der Waals surface area contributed by atoms with E-state index in [-0.39, 0.29) is 11.9 Å². The number of nitrogens with two attached hydrogens (primary N) is 2. The Bertz CT molecular complexity index is 626. The van der Waals surface area contributed by atoms with Crippen molar-refractivity contribution >= 4 is 11.9 Å². The van der Waals surface area contributed by atoms with E-state index in [0.29, 0.717) is 18.4 Å². The zero-order chi connectivity index (χ0) is 17.2. The second-order valence-electron chi connectivity index (χ2n) is 7.16. The third kappa shape index (κ3) is 3.70. The SMILES string of the molecule is CC1(C)N=C(N)N=C(N)N1OCC1CCCC(c2ccccc2)C1. The van der Waals surface area contributed by atoms with E-state index in [1.807, 2.05) is 13.8 Å². The first-order valence-corrected chi connectivity index (χ1v) is 8.63. The van der Waals surface area contributed by atoms with E-state index in [9.17, 15) is 0 Å². The van der Waals surface area contributed by atoms with Crippen molar-refractivity contribution < 1.29 is 4.84 Å². The molecule has 2 aliphatic rings. The maximum Gasteiger partial charge on any atom is 0.226 e. The van der Waals surface area contributed by atoms with Gasteiger partial charge in [-0.2, -0.15) is 10.1 Å². The number of hydrogen-bond acceptors (Lipinski definition) is 6. The fourth-order valence-electron chi connectivity index (χ4n) is 3.67. The highest BCUT2D eigenvalue weighted by molar-refractivity contribution is 5.95. The molecule has 2 unspecified atom stereocenters. The third-order valence-electron chi connectivity index (χ3n) is 4.82. The number of guanidine groups is 2. The minimum absolute atomic E-state index is 0.194. The highest BCUT2D eigenvalue weighted by Gasteiger charge is 2.34. The Balaban J connectivity index is 1.60. The summed E-state index contributed by atoms with van der Waals surface area (Å²) in [6.45, 7) is 4.45. The van der Waals surface area contributed by atoms with Crippen LogP contribution in [0.25, 0.3) is 0 Å². The first-order chi connectivity index (χ1) is 11.5. The van der Waals surface area contributed by atoms with Gasteiger partial charge in [-0.3, -0.25) is 4.84 Å². The molecule has 130 valence electrons. The van der Waals surface area contributed by atoms with E-state index >= 15 is 0 Å². The number of aliphatic imine (C=N–C) groups is 2. The second kappa shape index (κ2) is 6.81. The van der Waals surface area contributed by atoms with Gasteiger partial charge in [-0.15, -0.1) is 0 Å². The summed E-state index contributed by atoms with van der Waals surface area (Å²) < 4.78 is 0. The fraction of sp³-hybridized carbons (Fsp3) is 0.556. The molecule has 24 heavy (non-hydrogen) atoms. The first-order valence-electron chi connectivity index (χ1n) is 8.63. The van der Waals surface area contributed by atoms with Gasteiger partial charge in [-0.05, 0) is 50.5 Å². The van der Waals surface area contributed by atoms with Crippen LogP contribution in [0.3, 0.4) is 0 Å². The molecule has 0 amide bonds. The molecule has 1 aliphatic heterocycles. The monoisotopic (exact) mass is 329 g/mol. The van der Waals surface area contributed by atoms with Crippen LogP contribution in [-0.2, 0) is 4.84 Å². The summed E-state index contributed by atoms with van der Waals surface area (Å²) in [6, 6.07) is 10.8. The minimum Gasteiger partial charge on any atom is -0.368 e. The van der Waals surface area contributed by atoms with Crippen LogP contribution in [0, 0.1) is 5.92 Å². The summed E-state index contributed by atoms with van der Waals surface area (Å²) in [5, 5.41) is 1.58. The van der Waals surface area contributed by atoms with Gasteiger partial charge in [0, 0.05) is 0 Å². The molecule has 1 aromatic carbocycles. The number of benzene rings is 1. The molecular weight excluding hydrogens is 302 g/mol. The van der Waals surface area contributed by atoms with E-state index in [1.165, 1.54) is 24.8 Å². The van der Waals surface area contributed by atoms with Crippen molar-refractivity contribution in [2.24, 2.45) is 27.4 Å². The van der Waals surface area contributed by atoms with Crippen molar-refractivity contribution in [1.29, 1.82) is 0 Å². The van der Waals surface area contributed by atoms with Crippen LogP contribution in [0.5, 0.6) is 0 Å². The van der Waals surface area contributed by atoms with Gasteiger partial charge in [0.05, 0.1) is 6.61 Å². The molecule has 0 saturated heterocycles. The summed E-state index contributed by atoms with van der Waals surface area (Å²) in [5.74, 6) is 1.58. The molecule has 6 heteroatoms. The molecule has 4 N–H and O–H groups in total. The van der Waals surface area contributed by atoms with Gasteiger partial charge in [0.15, 0.2) is 5.66 Å². The van der Waals surface area contributed by atoms with Crippen LogP contribution in [-0.4, -0.2) is 29.3 Å². The number of hydrogen-bond donors (Lipinski definition) is 2. The van der Waals surface area contributed by atoms with Crippen molar-refractivity contribution in [2.45, 2.75) is 51.1 Å². The summed E-state index contributed by atoms with van der Waals surface area (Å²) in [7, 11) is 0. The van der Waals surface area contributed by atoms with Crippen molar-refractivity contribution in [3.63, 3.8) is 0 Å².